The van der Waals surface area contributed by atoms with Crippen molar-refractivity contribution in [2.45, 2.75) is 24.4 Å². The molecule has 1 atom stereocenters. The lowest BCUT2D eigenvalue weighted by Crippen LogP contribution is -2.41. The average molecular weight is 479 g/mol. The third-order valence-corrected chi connectivity index (χ3v) is 6.85. The van der Waals surface area contributed by atoms with Crippen molar-refractivity contribution in [1.29, 1.82) is 0 Å². The number of benzene rings is 3. The van der Waals surface area contributed by atoms with Gasteiger partial charge in [-0.2, -0.15) is 4.31 Å². The van der Waals surface area contributed by atoms with Gasteiger partial charge in [-0.05, 0) is 66.6 Å². The van der Waals surface area contributed by atoms with E-state index in [1.54, 1.807) is 19.1 Å². The van der Waals surface area contributed by atoms with E-state index < -0.39 is 40.2 Å². The van der Waals surface area contributed by atoms with Gasteiger partial charge in [0.1, 0.15) is 11.6 Å². The Morgan fingerprint density at radius 3 is 2.03 bits per heavy atom. The summed E-state index contributed by atoms with van der Waals surface area (Å²) in [5.41, 5.74) is 1.19. The standard InChI is InChI=1S/C23H21ClF2N2O3S/c1-16(18-4-10-21(26)11-5-18)27-23(29)15-28(14-17-2-8-20(25)9-3-17)32(30,31)22-12-6-19(24)7-13-22/h2-13,16H,14-15H2,1H3,(H,27,29). The molecule has 168 valence electrons. The van der Waals surface area contributed by atoms with Crippen molar-refractivity contribution in [3.8, 4) is 0 Å². The van der Waals surface area contributed by atoms with Crippen LogP contribution in [0.4, 0.5) is 8.78 Å². The first-order valence-corrected chi connectivity index (χ1v) is 11.5. The Labute approximate surface area is 190 Å². The Morgan fingerprint density at radius 2 is 1.47 bits per heavy atom. The van der Waals surface area contributed by atoms with Gasteiger partial charge in [0, 0.05) is 11.6 Å². The first-order chi connectivity index (χ1) is 15.1. The average Bonchev–Trinajstić information content (AvgIpc) is 2.75. The molecule has 0 radical (unpaired) electrons. The maximum absolute atomic E-state index is 13.3. The zero-order valence-corrected chi connectivity index (χ0v) is 18.7. The Hall–Kier alpha value is -2.81. The van der Waals surface area contributed by atoms with Crippen LogP contribution in [0.25, 0.3) is 0 Å². The number of carbonyl (C=O) groups is 1. The molecule has 0 aliphatic carbocycles. The summed E-state index contributed by atoms with van der Waals surface area (Å²) in [4.78, 5) is 12.7. The Morgan fingerprint density at radius 1 is 0.938 bits per heavy atom. The minimum Gasteiger partial charge on any atom is -0.348 e. The van der Waals surface area contributed by atoms with Crippen LogP contribution < -0.4 is 5.32 Å². The molecule has 1 unspecified atom stereocenters. The van der Waals surface area contributed by atoms with Gasteiger partial charge in [0.25, 0.3) is 0 Å². The number of nitrogens with one attached hydrogen (secondary N) is 1. The van der Waals surface area contributed by atoms with Gasteiger partial charge in [0.2, 0.25) is 15.9 Å². The molecule has 0 bridgehead atoms. The molecule has 0 fully saturated rings. The Balaban J connectivity index is 1.82. The second-order valence-corrected chi connectivity index (χ2v) is 9.57. The number of hydrogen-bond acceptors (Lipinski definition) is 3. The van der Waals surface area contributed by atoms with Gasteiger partial charge in [-0.15, -0.1) is 0 Å². The summed E-state index contributed by atoms with van der Waals surface area (Å²) < 4.78 is 53.9. The van der Waals surface area contributed by atoms with Crippen molar-refractivity contribution in [3.05, 3.63) is 101 Å². The van der Waals surface area contributed by atoms with E-state index >= 15 is 0 Å². The first-order valence-electron chi connectivity index (χ1n) is 9.70. The smallest absolute Gasteiger partial charge is 0.243 e. The molecule has 0 saturated carbocycles. The van der Waals surface area contributed by atoms with Crippen LogP contribution >= 0.6 is 11.6 Å². The number of halogens is 3. The number of rotatable bonds is 8. The molecule has 0 heterocycles. The lowest BCUT2D eigenvalue weighted by molar-refractivity contribution is -0.122. The van der Waals surface area contributed by atoms with Crippen LogP contribution in [0.15, 0.2) is 77.7 Å². The molecular weight excluding hydrogens is 458 g/mol. The zero-order valence-electron chi connectivity index (χ0n) is 17.1. The zero-order chi connectivity index (χ0) is 23.3. The normalized spacial score (nSPS) is 12.5. The van der Waals surface area contributed by atoms with E-state index in [9.17, 15) is 22.0 Å². The number of hydrogen-bond donors (Lipinski definition) is 1. The van der Waals surface area contributed by atoms with Crippen molar-refractivity contribution in [1.82, 2.24) is 9.62 Å². The van der Waals surface area contributed by atoms with E-state index in [0.717, 1.165) is 4.31 Å². The summed E-state index contributed by atoms with van der Waals surface area (Å²) in [6.07, 6.45) is 0. The summed E-state index contributed by atoms with van der Waals surface area (Å²) >= 11 is 5.86. The van der Waals surface area contributed by atoms with Gasteiger partial charge in [-0.1, -0.05) is 35.9 Å². The highest BCUT2D eigenvalue weighted by Crippen LogP contribution is 2.21. The topological polar surface area (TPSA) is 66.5 Å². The van der Waals surface area contributed by atoms with Gasteiger partial charge in [0.05, 0.1) is 17.5 Å². The largest absolute Gasteiger partial charge is 0.348 e. The second-order valence-electron chi connectivity index (χ2n) is 7.19. The van der Waals surface area contributed by atoms with Crippen molar-refractivity contribution in [2.75, 3.05) is 6.54 Å². The summed E-state index contributed by atoms with van der Waals surface area (Å²) in [6.45, 7) is 1.11. The predicted octanol–water partition coefficient (Wildman–Crippen LogP) is 4.69. The quantitative estimate of drug-likeness (QED) is 0.511. The lowest BCUT2D eigenvalue weighted by atomic mass is 10.1. The molecule has 3 rings (SSSR count). The van der Waals surface area contributed by atoms with E-state index in [0.29, 0.717) is 16.1 Å². The van der Waals surface area contributed by atoms with Crippen molar-refractivity contribution in [2.24, 2.45) is 0 Å². The van der Waals surface area contributed by atoms with Crippen LogP contribution in [0.2, 0.25) is 5.02 Å². The fraction of sp³-hybridized carbons (Fsp3) is 0.174. The summed E-state index contributed by atoms with van der Waals surface area (Å²) in [5.74, 6) is -1.39. The molecule has 0 spiro atoms. The van der Waals surface area contributed by atoms with Gasteiger partial charge >= 0.3 is 0 Å². The minimum absolute atomic E-state index is 0.0246. The van der Waals surface area contributed by atoms with Crippen molar-refractivity contribution >= 4 is 27.5 Å². The monoisotopic (exact) mass is 478 g/mol. The molecule has 0 aromatic heterocycles. The van der Waals surface area contributed by atoms with E-state index in [4.69, 9.17) is 11.6 Å². The highest BCUT2D eigenvalue weighted by Gasteiger charge is 2.27. The summed E-state index contributed by atoms with van der Waals surface area (Å²) in [7, 11) is -4.06. The summed E-state index contributed by atoms with van der Waals surface area (Å²) in [5, 5.41) is 3.10. The van der Waals surface area contributed by atoms with E-state index in [1.807, 2.05) is 0 Å². The van der Waals surface area contributed by atoms with E-state index in [2.05, 4.69) is 5.32 Å². The van der Waals surface area contributed by atoms with Crippen molar-refractivity contribution < 1.29 is 22.0 Å². The van der Waals surface area contributed by atoms with Crippen molar-refractivity contribution in [3.63, 3.8) is 0 Å². The van der Waals surface area contributed by atoms with Crippen LogP contribution in [0.3, 0.4) is 0 Å². The van der Waals surface area contributed by atoms with Crippen LogP contribution in [0, 0.1) is 11.6 Å². The molecule has 0 aliphatic heterocycles. The van der Waals surface area contributed by atoms with Gasteiger partial charge in [-0.25, -0.2) is 17.2 Å². The van der Waals surface area contributed by atoms with Gasteiger partial charge < -0.3 is 5.32 Å². The molecule has 1 amide bonds. The predicted molar refractivity (Wildman–Crippen MR) is 118 cm³/mol. The van der Waals surface area contributed by atoms with Gasteiger partial charge in [-0.3, -0.25) is 4.79 Å². The molecule has 3 aromatic carbocycles. The molecule has 9 heteroatoms. The minimum atomic E-state index is -4.06. The van der Waals surface area contributed by atoms with E-state index in [-0.39, 0.29) is 11.4 Å². The number of sulfonamides is 1. The number of amides is 1. The third kappa shape index (κ3) is 6.12. The van der Waals surface area contributed by atoms with Crippen LogP contribution in [-0.4, -0.2) is 25.2 Å². The van der Waals surface area contributed by atoms with Crippen LogP contribution in [-0.2, 0) is 21.4 Å². The number of carbonyl (C=O) groups excluding carboxylic acids is 1. The first kappa shape index (κ1) is 23.8. The van der Waals surface area contributed by atoms with Gasteiger partial charge in [0.15, 0.2) is 0 Å². The van der Waals surface area contributed by atoms with E-state index in [1.165, 1.54) is 60.7 Å². The maximum Gasteiger partial charge on any atom is 0.243 e. The molecule has 0 aliphatic rings. The fourth-order valence-electron chi connectivity index (χ4n) is 3.06. The molecule has 32 heavy (non-hydrogen) atoms. The fourth-order valence-corrected chi connectivity index (χ4v) is 4.57. The molecule has 3 aromatic rings. The molecule has 5 nitrogen and oxygen atoms in total. The third-order valence-electron chi connectivity index (χ3n) is 4.79. The number of nitrogens with zero attached hydrogens (tertiary/aromatic N) is 1. The van der Waals surface area contributed by atoms with Crippen LogP contribution in [0.1, 0.15) is 24.1 Å². The Kier molecular flexibility index (Phi) is 7.60. The lowest BCUT2D eigenvalue weighted by Gasteiger charge is -2.23. The van der Waals surface area contributed by atoms with Crippen LogP contribution in [0.5, 0.6) is 0 Å². The maximum atomic E-state index is 13.3. The molecular formula is C23H21ClF2N2O3S. The second kappa shape index (κ2) is 10.2. The molecule has 1 N–H and O–H groups in total. The summed E-state index contributed by atoms with van der Waals surface area (Å²) in [6, 6.07) is 16.1. The SMILES string of the molecule is CC(NC(=O)CN(Cc1ccc(F)cc1)S(=O)(=O)c1ccc(Cl)cc1)c1ccc(F)cc1. The Bertz CT molecular complexity index is 1170. The highest BCUT2D eigenvalue weighted by atomic mass is 35.5. The highest BCUT2D eigenvalue weighted by molar-refractivity contribution is 7.89. The molecule has 0 saturated heterocycles.